The van der Waals surface area contributed by atoms with Gasteiger partial charge in [-0.2, -0.15) is 5.26 Å². The van der Waals surface area contributed by atoms with Crippen LogP contribution >= 0.6 is 11.6 Å². The molecule has 17 heavy (non-hydrogen) atoms. The molecule has 0 unspecified atom stereocenters. The average molecular weight is 245 g/mol. The van der Waals surface area contributed by atoms with Gasteiger partial charge in [-0.05, 0) is 23.8 Å². The van der Waals surface area contributed by atoms with Crippen molar-refractivity contribution in [2.24, 2.45) is 0 Å². The third-order valence-corrected chi connectivity index (χ3v) is 2.68. The molecule has 0 N–H and O–H groups in total. The molecule has 0 aliphatic heterocycles. The maximum atomic E-state index is 8.88. The SMILES string of the molecule is COc1ccc(-c2cnc(Cl)c(C#N)c2)cc1. The van der Waals surface area contributed by atoms with Crippen LogP contribution in [0.4, 0.5) is 0 Å². The average Bonchev–Trinajstić information content (AvgIpc) is 2.39. The molecule has 0 bridgehead atoms. The van der Waals surface area contributed by atoms with Gasteiger partial charge < -0.3 is 4.74 Å². The lowest BCUT2D eigenvalue weighted by molar-refractivity contribution is 0.415. The Morgan fingerprint density at radius 1 is 1.24 bits per heavy atom. The van der Waals surface area contributed by atoms with Crippen molar-refractivity contribution in [3.8, 4) is 22.9 Å². The van der Waals surface area contributed by atoms with Crippen molar-refractivity contribution >= 4 is 11.6 Å². The highest BCUT2D eigenvalue weighted by Crippen LogP contribution is 2.24. The summed E-state index contributed by atoms with van der Waals surface area (Å²) in [6.07, 6.45) is 1.64. The molecule has 0 atom stereocenters. The maximum Gasteiger partial charge on any atom is 0.146 e. The Balaban J connectivity index is 2.43. The van der Waals surface area contributed by atoms with Crippen LogP contribution in [0.1, 0.15) is 5.56 Å². The fourth-order valence-electron chi connectivity index (χ4n) is 1.47. The minimum absolute atomic E-state index is 0.227. The summed E-state index contributed by atoms with van der Waals surface area (Å²) in [7, 11) is 1.62. The summed E-state index contributed by atoms with van der Waals surface area (Å²) >= 11 is 5.78. The highest BCUT2D eigenvalue weighted by molar-refractivity contribution is 6.30. The zero-order chi connectivity index (χ0) is 12.3. The van der Waals surface area contributed by atoms with Crippen molar-refractivity contribution in [3.05, 3.63) is 47.2 Å². The second-order valence-electron chi connectivity index (χ2n) is 3.40. The standard InChI is InChI=1S/C13H9ClN2O/c1-17-12-4-2-9(3-5-12)11-6-10(7-15)13(14)16-8-11/h2-6,8H,1H3. The number of pyridine rings is 1. The van der Waals surface area contributed by atoms with Crippen LogP contribution in [0.3, 0.4) is 0 Å². The summed E-state index contributed by atoms with van der Waals surface area (Å²) in [6, 6.07) is 11.3. The first-order chi connectivity index (χ1) is 8.24. The van der Waals surface area contributed by atoms with E-state index in [1.165, 1.54) is 0 Å². The van der Waals surface area contributed by atoms with Crippen LogP contribution in [-0.4, -0.2) is 12.1 Å². The minimum atomic E-state index is 0.227. The Kier molecular flexibility index (Phi) is 3.27. The number of hydrogen-bond acceptors (Lipinski definition) is 3. The third kappa shape index (κ3) is 2.38. The molecule has 0 saturated carbocycles. The zero-order valence-corrected chi connectivity index (χ0v) is 9.90. The molecule has 4 heteroatoms. The van der Waals surface area contributed by atoms with Crippen LogP contribution in [0, 0.1) is 11.3 Å². The number of methoxy groups -OCH3 is 1. The van der Waals surface area contributed by atoms with Gasteiger partial charge in [0.25, 0.3) is 0 Å². The van der Waals surface area contributed by atoms with Crippen LogP contribution < -0.4 is 4.74 Å². The van der Waals surface area contributed by atoms with E-state index in [1.807, 2.05) is 30.3 Å². The summed E-state index contributed by atoms with van der Waals surface area (Å²) in [5, 5.41) is 9.10. The first-order valence-corrected chi connectivity index (χ1v) is 5.32. The summed E-state index contributed by atoms with van der Waals surface area (Å²) in [5.74, 6) is 0.788. The lowest BCUT2D eigenvalue weighted by Gasteiger charge is -2.04. The molecule has 2 aromatic rings. The lowest BCUT2D eigenvalue weighted by Crippen LogP contribution is -1.87. The Morgan fingerprint density at radius 2 is 1.94 bits per heavy atom. The Morgan fingerprint density at radius 3 is 2.53 bits per heavy atom. The minimum Gasteiger partial charge on any atom is -0.497 e. The molecule has 1 aromatic carbocycles. The number of hydrogen-bond donors (Lipinski definition) is 0. The van der Waals surface area contributed by atoms with Crippen molar-refractivity contribution in [1.29, 1.82) is 5.26 Å². The molecule has 0 amide bonds. The van der Waals surface area contributed by atoms with Crippen LogP contribution in [0.5, 0.6) is 5.75 Å². The van der Waals surface area contributed by atoms with Crippen molar-refractivity contribution in [2.45, 2.75) is 0 Å². The highest BCUT2D eigenvalue weighted by Gasteiger charge is 2.04. The van der Waals surface area contributed by atoms with Gasteiger partial charge in [-0.25, -0.2) is 4.98 Å². The Hall–Kier alpha value is -2.05. The van der Waals surface area contributed by atoms with Gasteiger partial charge in [0.15, 0.2) is 0 Å². The largest absolute Gasteiger partial charge is 0.497 e. The van der Waals surface area contributed by atoms with E-state index < -0.39 is 0 Å². The molecule has 0 fully saturated rings. The highest BCUT2D eigenvalue weighted by atomic mass is 35.5. The number of rotatable bonds is 2. The number of nitrogens with zero attached hydrogens (tertiary/aromatic N) is 2. The monoisotopic (exact) mass is 244 g/mol. The Bertz CT molecular complexity index is 573. The predicted octanol–water partition coefficient (Wildman–Crippen LogP) is 3.28. The van der Waals surface area contributed by atoms with E-state index in [0.29, 0.717) is 5.56 Å². The molecular weight excluding hydrogens is 236 g/mol. The fraction of sp³-hybridized carbons (Fsp3) is 0.0769. The van der Waals surface area contributed by atoms with Gasteiger partial charge in [0, 0.05) is 11.8 Å². The first-order valence-electron chi connectivity index (χ1n) is 4.94. The molecule has 0 aliphatic carbocycles. The van der Waals surface area contributed by atoms with Crippen molar-refractivity contribution in [1.82, 2.24) is 4.98 Å². The van der Waals surface area contributed by atoms with Crippen LogP contribution in [0.2, 0.25) is 5.15 Å². The molecule has 3 nitrogen and oxygen atoms in total. The van der Waals surface area contributed by atoms with Gasteiger partial charge in [0.2, 0.25) is 0 Å². The van der Waals surface area contributed by atoms with Gasteiger partial charge >= 0.3 is 0 Å². The van der Waals surface area contributed by atoms with Gasteiger partial charge in [-0.1, -0.05) is 23.7 Å². The van der Waals surface area contributed by atoms with E-state index in [0.717, 1.165) is 16.9 Å². The molecule has 0 spiro atoms. The van der Waals surface area contributed by atoms with Crippen molar-refractivity contribution in [2.75, 3.05) is 7.11 Å². The zero-order valence-electron chi connectivity index (χ0n) is 9.14. The van der Waals surface area contributed by atoms with E-state index in [1.54, 1.807) is 19.4 Å². The summed E-state index contributed by atoms with van der Waals surface area (Å²) in [6.45, 7) is 0. The number of ether oxygens (including phenoxy) is 1. The molecule has 0 radical (unpaired) electrons. The number of nitriles is 1. The van der Waals surface area contributed by atoms with E-state index >= 15 is 0 Å². The van der Waals surface area contributed by atoms with Gasteiger partial charge in [-0.3, -0.25) is 0 Å². The van der Waals surface area contributed by atoms with Gasteiger partial charge in [0.05, 0.1) is 12.7 Å². The summed E-state index contributed by atoms with van der Waals surface area (Å²) in [4.78, 5) is 3.98. The van der Waals surface area contributed by atoms with Crippen LogP contribution in [0.15, 0.2) is 36.5 Å². The quantitative estimate of drug-likeness (QED) is 0.762. The first kappa shape index (κ1) is 11.4. The third-order valence-electron chi connectivity index (χ3n) is 2.38. The molecule has 1 heterocycles. The second kappa shape index (κ2) is 4.86. The number of benzene rings is 1. The summed E-state index contributed by atoms with van der Waals surface area (Å²) < 4.78 is 5.08. The van der Waals surface area contributed by atoms with E-state index in [2.05, 4.69) is 4.98 Å². The topological polar surface area (TPSA) is 45.9 Å². The van der Waals surface area contributed by atoms with Crippen LogP contribution in [-0.2, 0) is 0 Å². The van der Waals surface area contributed by atoms with E-state index in [-0.39, 0.29) is 5.15 Å². The molecule has 84 valence electrons. The van der Waals surface area contributed by atoms with Gasteiger partial charge in [0.1, 0.15) is 17.0 Å². The molecule has 0 saturated heterocycles. The molecule has 0 aliphatic rings. The normalized spacial score (nSPS) is 9.71. The number of aromatic nitrogens is 1. The Labute approximate surface area is 104 Å². The maximum absolute atomic E-state index is 8.88. The van der Waals surface area contributed by atoms with Crippen molar-refractivity contribution in [3.63, 3.8) is 0 Å². The second-order valence-corrected chi connectivity index (χ2v) is 3.76. The van der Waals surface area contributed by atoms with Gasteiger partial charge in [-0.15, -0.1) is 0 Å². The molecular formula is C13H9ClN2O. The lowest BCUT2D eigenvalue weighted by atomic mass is 10.1. The predicted molar refractivity (Wildman–Crippen MR) is 66.0 cm³/mol. The smallest absolute Gasteiger partial charge is 0.146 e. The molecule has 2 rings (SSSR count). The molecule has 1 aromatic heterocycles. The van der Waals surface area contributed by atoms with E-state index in [4.69, 9.17) is 21.6 Å². The van der Waals surface area contributed by atoms with Crippen LogP contribution in [0.25, 0.3) is 11.1 Å². The van der Waals surface area contributed by atoms with E-state index in [9.17, 15) is 0 Å². The van der Waals surface area contributed by atoms with Crippen molar-refractivity contribution < 1.29 is 4.74 Å². The number of halogens is 1. The summed E-state index contributed by atoms with van der Waals surface area (Å²) in [5.41, 5.74) is 2.19. The fourth-order valence-corrected chi connectivity index (χ4v) is 1.61.